The first-order valence-corrected chi connectivity index (χ1v) is 7.18. The van der Waals surface area contributed by atoms with E-state index in [2.05, 4.69) is 5.32 Å². The highest BCUT2D eigenvalue weighted by Crippen LogP contribution is 2.13. The van der Waals surface area contributed by atoms with Gasteiger partial charge in [0.2, 0.25) is 0 Å². The van der Waals surface area contributed by atoms with Crippen molar-refractivity contribution in [3.63, 3.8) is 0 Å². The van der Waals surface area contributed by atoms with Crippen LogP contribution in [0.1, 0.15) is 50.5 Å². The molecule has 5 heteroatoms. The molecule has 0 fully saturated rings. The quantitative estimate of drug-likeness (QED) is 0.865. The monoisotopic (exact) mass is 302 g/mol. The molecule has 0 aliphatic carbocycles. The zero-order valence-electron chi connectivity index (χ0n) is 13.6. The largest absolute Gasteiger partial charge is 0.444 e. The van der Waals surface area contributed by atoms with Crippen molar-refractivity contribution in [1.29, 1.82) is 5.26 Å². The number of Topliss-reactive ketones (excluding diaryl/α,β-unsaturated/α-hetero) is 1. The molecule has 1 aromatic rings. The van der Waals surface area contributed by atoms with Gasteiger partial charge in [-0.1, -0.05) is 26.0 Å². The molecule has 0 bridgehead atoms. The van der Waals surface area contributed by atoms with E-state index in [9.17, 15) is 9.59 Å². The lowest BCUT2D eigenvalue weighted by molar-refractivity contribution is 0.0475. The first kappa shape index (κ1) is 17.7. The molecule has 5 nitrogen and oxygen atoms in total. The SMILES string of the molecule is CC(C)C(NC(=O)OC(C)(C)C)C(=O)c1ccc(C#N)cc1. The number of ether oxygens (including phenoxy) is 1. The van der Waals surface area contributed by atoms with Crippen molar-refractivity contribution >= 4 is 11.9 Å². The highest BCUT2D eigenvalue weighted by molar-refractivity contribution is 6.01. The third-order valence-corrected chi connectivity index (χ3v) is 2.92. The molecule has 0 saturated heterocycles. The van der Waals surface area contributed by atoms with Crippen LogP contribution < -0.4 is 5.32 Å². The average molecular weight is 302 g/mol. The molecule has 1 rings (SSSR count). The maximum absolute atomic E-state index is 12.5. The molecule has 22 heavy (non-hydrogen) atoms. The maximum Gasteiger partial charge on any atom is 0.408 e. The number of rotatable bonds is 4. The number of benzene rings is 1. The van der Waals surface area contributed by atoms with Crippen LogP contribution >= 0.6 is 0 Å². The van der Waals surface area contributed by atoms with Gasteiger partial charge in [0, 0.05) is 5.56 Å². The number of alkyl carbamates (subject to hydrolysis) is 1. The van der Waals surface area contributed by atoms with E-state index < -0.39 is 17.7 Å². The van der Waals surface area contributed by atoms with E-state index in [0.29, 0.717) is 11.1 Å². The summed E-state index contributed by atoms with van der Waals surface area (Å²) in [7, 11) is 0. The van der Waals surface area contributed by atoms with E-state index in [1.807, 2.05) is 19.9 Å². The Hall–Kier alpha value is -2.35. The summed E-state index contributed by atoms with van der Waals surface area (Å²) in [6.07, 6.45) is -0.617. The van der Waals surface area contributed by atoms with Crippen LogP contribution in [0, 0.1) is 17.2 Å². The molecule has 0 saturated carbocycles. The Morgan fingerprint density at radius 2 is 1.73 bits per heavy atom. The Balaban J connectivity index is 2.88. The summed E-state index contributed by atoms with van der Waals surface area (Å²) in [6, 6.07) is 7.67. The first-order chi connectivity index (χ1) is 10.1. The number of hydrogen-bond donors (Lipinski definition) is 1. The van der Waals surface area contributed by atoms with Crippen molar-refractivity contribution in [2.24, 2.45) is 5.92 Å². The number of amides is 1. The van der Waals surface area contributed by atoms with E-state index >= 15 is 0 Å². The molecular weight excluding hydrogens is 280 g/mol. The molecule has 0 aliphatic rings. The predicted octanol–water partition coefficient (Wildman–Crippen LogP) is 3.29. The van der Waals surface area contributed by atoms with Crippen LogP contribution in [-0.4, -0.2) is 23.5 Å². The first-order valence-electron chi connectivity index (χ1n) is 7.18. The summed E-state index contributed by atoms with van der Waals surface area (Å²) in [5.74, 6) is -0.291. The van der Waals surface area contributed by atoms with Crippen LogP contribution in [0.2, 0.25) is 0 Å². The van der Waals surface area contributed by atoms with Crippen LogP contribution in [0.25, 0.3) is 0 Å². The number of nitrogens with zero attached hydrogens (tertiary/aromatic N) is 1. The van der Waals surface area contributed by atoms with Crippen molar-refractivity contribution in [2.45, 2.75) is 46.3 Å². The van der Waals surface area contributed by atoms with E-state index in [4.69, 9.17) is 10.00 Å². The molecule has 0 aromatic heterocycles. The second kappa shape index (κ2) is 7.08. The fourth-order valence-corrected chi connectivity index (χ4v) is 1.86. The Kier molecular flexibility index (Phi) is 5.69. The Morgan fingerprint density at radius 3 is 2.14 bits per heavy atom. The molecule has 0 spiro atoms. The number of carbonyl (C=O) groups excluding carboxylic acids is 2. The molecule has 1 aromatic carbocycles. The highest BCUT2D eigenvalue weighted by atomic mass is 16.6. The summed E-state index contributed by atoms with van der Waals surface area (Å²) >= 11 is 0. The van der Waals surface area contributed by atoms with Gasteiger partial charge in [0.1, 0.15) is 5.60 Å². The lowest BCUT2D eigenvalue weighted by Crippen LogP contribution is -2.46. The third kappa shape index (κ3) is 5.21. The van der Waals surface area contributed by atoms with Crippen molar-refractivity contribution in [3.05, 3.63) is 35.4 Å². The van der Waals surface area contributed by atoms with Gasteiger partial charge in [0.15, 0.2) is 5.78 Å². The molecule has 1 unspecified atom stereocenters. The number of carbonyl (C=O) groups is 2. The van der Waals surface area contributed by atoms with E-state index in [-0.39, 0.29) is 11.7 Å². The minimum atomic E-state index is -0.678. The zero-order chi connectivity index (χ0) is 16.9. The minimum Gasteiger partial charge on any atom is -0.444 e. The van der Waals surface area contributed by atoms with Crippen LogP contribution in [0.15, 0.2) is 24.3 Å². The van der Waals surface area contributed by atoms with Gasteiger partial charge in [-0.25, -0.2) is 4.79 Å². The summed E-state index contributed by atoms with van der Waals surface area (Å²) in [5.41, 5.74) is 0.315. The van der Waals surface area contributed by atoms with Gasteiger partial charge in [-0.15, -0.1) is 0 Å². The highest BCUT2D eigenvalue weighted by Gasteiger charge is 2.27. The van der Waals surface area contributed by atoms with Gasteiger partial charge in [-0.05, 0) is 38.8 Å². The number of nitrogens with one attached hydrogen (secondary N) is 1. The van der Waals surface area contributed by atoms with Gasteiger partial charge >= 0.3 is 6.09 Å². The van der Waals surface area contributed by atoms with Gasteiger partial charge in [0.25, 0.3) is 0 Å². The molecule has 0 aliphatic heterocycles. The van der Waals surface area contributed by atoms with E-state index in [0.717, 1.165) is 0 Å². The van der Waals surface area contributed by atoms with Gasteiger partial charge < -0.3 is 10.1 Å². The molecule has 0 heterocycles. The van der Waals surface area contributed by atoms with Crippen molar-refractivity contribution in [1.82, 2.24) is 5.32 Å². The van der Waals surface area contributed by atoms with E-state index in [1.54, 1.807) is 45.0 Å². The van der Waals surface area contributed by atoms with Crippen LogP contribution in [-0.2, 0) is 4.74 Å². The van der Waals surface area contributed by atoms with Gasteiger partial charge in [0.05, 0.1) is 17.7 Å². The summed E-state index contributed by atoms with van der Waals surface area (Å²) in [4.78, 5) is 24.4. The number of ketones is 1. The Labute approximate surface area is 131 Å². The molecule has 1 N–H and O–H groups in total. The van der Waals surface area contributed by atoms with Crippen molar-refractivity contribution in [2.75, 3.05) is 0 Å². The fourth-order valence-electron chi connectivity index (χ4n) is 1.86. The smallest absolute Gasteiger partial charge is 0.408 e. The second-order valence-corrected chi connectivity index (χ2v) is 6.42. The number of hydrogen-bond acceptors (Lipinski definition) is 4. The normalized spacial score (nSPS) is 12.4. The summed E-state index contributed by atoms with van der Waals surface area (Å²) in [5, 5.41) is 11.4. The molecule has 1 amide bonds. The predicted molar refractivity (Wildman–Crippen MR) is 83.5 cm³/mol. The van der Waals surface area contributed by atoms with Crippen LogP contribution in [0.4, 0.5) is 4.79 Å². The van der Waals surface area contributed by atoms with E-state index in [1.165, 1.54) is 0 Å². The number of nitriles is 1. The van der Waals surface area contributed by atoms with Crippen molar-refractivity contribution in [3.8, 4) is 6.07 Å². The third-order valence-electron chi connectivity index (χ3n) is 2.92. The van der Waals surface area contributed by atoms with Gasteiger partial charge in [-0.3, -0.25) is 4.79 Å². The topological polar surface area (TPSA) is 79.2 Å². The average Bonchev–Trinajstić information content (AvgIpc) is 2.42. The maximum atomic E-state index is 12.5. The molecular formula is C17H22N2O3. The lowest BCUT2D eigenvalue weighted by Gasteiger charge is -2.25. The zero-order valence-corrected chi connectivity index (χ0v) is 13.6. The van der Waals surface area contributed by atoms with Crippen molar-refractivity contribution < 1.29 is 14.3 Å². The standard InChI is InChI=1S/C17H22N2O3/c1-11(2)14(19-16(21)22-17(3,4)5)15(20)13-8-6-12(10-18)7-9-13/h6-9,11,14H,1-5H3,(H,19,21). The van der Waals surface area contributed by atoms with Crippen LogP contribution in [0.3, 0.4) is 0 Å². The molecule has 118 valence electrons. The van der Waals surface area contributed by atoms with Crippen LogP contribution in [0.5, 0.6) is 0 Å². The molecule has 1 atom stereocenters. The Morgan fingerprint density at radius 1 is 1.18 bits per heavy atom. The Bertz CT molecular complexity index is 577. The minimum absolute atomic E-state index is 0.0874. The summed E-state index contributed by atoms with van der Waals surface area (Å²) < 4.78 is 5.20. The second-order valence-electron chi connectivity index (χ2n) is 6.42. The van der Waals surface area contributed by atoms with Gasteiger partial charge in [-0.2, -0.15) is 5.26 Å². The lowest BCUT2D eigenvalue weighted by atomic mass is 9.94. The molecule has 0 radical (unpaired) electrons. The fraction of sp³-hybridized carbons (Fsp3) is 0.471. The summed E-state index contributed by atoms with van der Waals surface area (Å²) in [6.45, 7) is 8.99.